The Labute approximate surface area is 109 Å². The summed E-state index contributed by atoms with van der Waals surface area (Å²) in [5.41, 5.74) is -1.84. The maximum absolute atomic E-state index is 10.8. The molecule has 0 aliphatic rings. The number of aromatic hydroxyl groups is 2. The molecule has 0 aliphatic heterocycles. The topological polar surface area (TPSA) is 177 Å². The van der Waals surface area contributed by atoms with Crippen molar-refractivity contribution < 1.29 is 44.4 Å². The predicted octanol–water partition coefficient (Wildman–Crippen LogP) is 1.39. The van der Waals surface area contributed by atoms with Gasteiger partial charge in [0.05, 0.1) is 4.92 Å². The Balaban J connectivity index is 3.38. The van der Waals surface area contributed by atoms with Crippen LogP contribution >= 0.6 is 0 Å². The lowest BCUT2D eigenvalue weighted by atomic mass is 10.1. The number of hydrogen-bond acceptors (Lipinski definition) is 8. The van der Waals surface area contributed by atoms with Crippen LogP contribution in [0.2, 0.25) is 0 Å². The van der Waals surface area contributed by atoms with Crippen LogP contribution in [-0.2, 0) is 9.47 Å². The molecule has 0 fully saturated rings. The van der Waals surface area contributed by atoms with Gasteiger partial charge in [-0.1, -0.05) is 0 Å². The van der Waals surface area contributed by atoms with Crippen LogP contribution in [0.4, 0.5) is 15.3 Å². The Morgan fingerprint density at radius 3 is 2.05 bits per heavy atom. The van der Waals surface area contributed by atoms with E-state index in [9.17, 15) is 24.8 Å². The normalized spacial score (nSPS) is 10.1. The van der Waals surface area contributed by atoms with E-state index in [1.54, 1.807) is 0 Å². The fourth-order valence-corrected chi connectivity index (χ4v) is 1.30. The van der Waals surface area contributed by atoms with Gasteiger partial charge in [-0.25, -0.2) is 9.59 Å². The predicted molar refractivity (Wildman–Crippen MR) is 57.4 cm³/mol. The average molecular weight is 289 g/mol. The minimum atomic E-state index is -2.20. The fourth-order valence-electron chi connectivity index (χ4n) is 1.30. The number of nitro groups is 1. The third-order valence-corrected chi connectivity index (χ3v) is 2.01. The monoisotopic (exact) mass is 289 g/mol. The highest BCUT2D eigenvalue weighted by Crippen LogP contribution is 2.41. The number of carboxylic acid groups (broad SMARTS) is 2. The summed E-state index contributed by atoms with van der Waals surface area (Å²) in [6.45, 7) is 0. The molecule has 4 N–H and O–H groups in total. The van der Waals surface area contributed by atoms with Gasteiger partial charge in [-0.05, 0) is 12.1 Å². The van der Waals surface area contributed by atoms with Gasteiger partial charge in [0, 0.05) is 0 Å². The molecule has 1 rings (SSSR count). The van der Waals surface area contributed by atoms with E-state index < -0.39 is 46.3 Å². The molecule has 1 aromatic carbocycles. The molecule has 11 heteroatoms. The lowest BCUT2D eigenvalue weighted by Crippen LogP contribution is -2.17. The molecule has 0 bridgehead atoms. The third-order valence-electron chi connectivity index (χ3n) is 2.01. The zero-order valence-electron chi connectivity index (χ0n) is 9.42. The summed E-state index contributed by atoms with van der Waals surface area (Å²) < 4.78 is 8.10. The molecule has 0 spiro atoms. The number of hydrogen-bond donors (Lipinski definition) is 4. The van der Waals surface area contributed by atoms with Crippen molar-refractivity contribution in [1.29, 1.82) is 0 Å². The molecule has 0 atom stereocenters. The van der Waals surface area contributed by atoms with Crippen LogP contribution in [0, 0.1) is 10.1 Å². The van der Waals surface area contributed by atoms with Gasteiger partial charge in [-0.2, -0.15) is 0 Å². The Morgan fingerprint density at radius 1 is 1.15 bits per heavy atom. The number of carbonyl (C=O) groups is 2. The van der Waals surface area contributed by atoms with Gasteiger partial charge in [-0.3, -0.25) is 10.1 Å². The van der Waals surface area contributed by atoms with Gasteiger partial charge in [0.2, 0.25) is 5.75 Å². The molecule has 0 aliphatic carbocycles. The molecule has 0 saturated carbocycles. The lowest BCUT2D eigenvalue weighted by molar-refractivity contribution is -0.387. The van der Waals surface area contributed by atoms with E-state index in [-0.39, 0.29) is 0 Å². The highest BCUT2D eigenvalue weighted by atomic mass is 16.8. The Kier molecular flexibility index (Phi) is 4.15. The van der Waals surface area contributed by atoms with Crippen LogP contribution in [0.25, 0.3) is 0 Å². The second-order valence-electron chi connectivity index (χ2n) is 3.23. The van der Waals surface area contributed by atoms with E-state index in [4.69, 9.17) is 15.3 Å². The third kappa shape index (κ3) is 3.16. The van der Waals surface area contributed by atoms with Crippen molar-refractivity contribution in [2.75, 3.05) is 0 Å². The van der Waals surface area contributed by atoms with E-state index in [2.05, 4.69) is 9.47 Å². The molecule has 0 radical (unpaired) electrons. The number of benzene rings is 1. The van der Waals surface area contributed by atoms with E-state index in [1.165, 1.54) is 0 Å². The highest BCUT2D eigenvalue weighted by molar-refractivity contribution is 5.63. The van der Waals surface area contributed by atoms with Crippen LogP contribution < -0.4 is 0 Å². The summed E-state index contributed by atoms with van der Waals surface area (Å²) in [5, 5.41) is 46.2. The number of phenols is 2. The maximum Gasteiger partial charge on any atom is 0.509 e. The molecule has 108 valence electrons. The summed E-state index contributed by atoms with van der Waals surface area (Å²) >= 11 is 0. The SMILES string of the molecule is O=C(O)OC(OC(=O)O)c1ccc(O)c(O)c1[N+](=O)[O-]. The number of phenolic OH excluding ortho intramolecular Hbond substituents is 2. The van der Waals surface area contributed by atoms with E-state index >= 15 is 0 Å². The molecule has 20 heavy (non-hydrogen) atoms. The van der Waals surface area contributed by atoms with Crippen molar-refractivity contribution in [3.05, 3.63) is 27.8 Å². The van der Waals surface area contributed by atoms with Crippen LogP contribution in [0.3, 0.4) is 0 Å². The molecule has 0 unspecified atom stereocenters. The molecule has 0 saturated heterocycles. The summed E-state index contributed by atoms with van der Waals surface area (Å²) in [6, 6.07) is 1.56. The van der Waals surface area contributed by atoms with E-state index in [0.29, 0.717) is 0 Å². The van der Waals surface area contributed by atoms with Gasteiger partial charge in [0.15, 0.2) is 5.75 Å². The van der Waals surface area contributed by atoms with Crippen molar-refractivity contribution >= 4 is 18.0 Å². The summed E-state index contributed by atoms with van der Waals surface area (Å²) in [7, 11) is 0. The first-order chi connectivity index (χ1) is 9.23. The number of nitro benzene ring substituents is 1. The standard InChI is InChI=1S/C9H7NO10/c11-4-2-1-3(5(6(4)12)10(17)18)7(19-8(13)14)20-9(15)16/h1-2,7,11-12H,(H,13,14)(H,15,16). The van der Waals surface area contributed by atoms with Crippen molar-refractivity contribution in [2.24, 2.45) is 0 Å². The van der Waals surface area contributed by atoms with Crippen molar-refractivity contribution in [2.45, 2.75) is 6.29 Å². The first-order valence-corrected chi connectivity index (χ1v) is 4.72. The number of rotatable bonds is 4. The number of ether oxygens (including phenoxy) is 2. The first-order valence-electron chi connectivity index (χ1n) is 4.72. The minimum absolute atomic E-state index is 0.699. The summed E-state index contributed by atoms with van der Waals surface area (Å²) in [6.07, 6.45) is -6.12. The lowest BCUT2D eigenvalue weighted by Gasteiger charge is -2.15. The van der Waals surface area contributed by atoms with Gasteiger partial charge >= 0.3 is 18.0 Å². The highest BCUT2D eigenvalue weighted by Gasteiger charge is 2.33. The average Bonchev–Trinajstić information content (AvgIpc) is 2.29. The molecule has 0 heterocycles. The Hall–Kier alpha value is -3.24. The van der Waals surface area contributed by atoms with Gasteiger partial charge in [0.1, 0.15) is 5.56 Å². The van der Waals surface area contributed by atoms with Gasteiger partial charge in [-0.15, -0.1) is 0 Å². The van der Waals surface area contributed by atoms with Crippen LogP contribution in [0.1, 0.15) is 11.9 Å². The van der Waals surface area contributed by atoms with Crippen molar-refractivity contribution in [3.8, 4) is 11.5 Å². The minimum Gasteiger partial charge on any atom is -0.504 e. The van der Waals surface area contributed by atoms with Crippen molar-refractivity contribution in [3.63, 3.8) is 0 Å². The second kappa shape index (κ2) is 5.60. The maximum atomic E-state index is 10.8. The zero-order chi connectivity index (χ0) is 15.4. The largest absolute Gasteiger partial charge is 0.509 e. The Morgan fingerprint density at radius 2 is 1.65 bits per heavy atom. The number of nitrogens with zero attached hydrogens (tertiary/aromatic N) is 1. The van der Waals surface area contributed by atoms with Gasteiger partial charge in [0.25, 0.3) is 6.29 Å². The van der Waals surface area contributed by atoms with Crippen LogP contribution in [0.15, 0.2) is 12.1 Å². The molecular formula is C9H7NO10. The van der Waals surface area contributed by atoms with Crippen molar-refractivity contribution in [1.82, 2.24) is 0 Å². The molecule has 0 amide bonds. The quantitative estimate of drug-likeness (QED) is 0.208. The molecule has 0 aromatic heterocycles. The second-order valence-corrected chi connectivity index (χ2v) is 3.23. The van der Waals surface area contributed by atoms with E-state index in [0.717, 1.165) is 12.1 Å². The van der Waals surface area contributed by atoms with Crippen LogP contribution in [-0.4, -0.2) is 37.7 Å². The van der Waals surface area contributed by atoms with Gasteiger partial charge < -0.3 is 29.9 Å². The summed E-state index contributed by atoms with van der Waals surface area (Å²) in [5.74, 6) is -2.04. The van der Waals surface area contributed by atoms with E-state index in [1.807, 2.05) is 0 Å². The first kappa shape index (κ1) is 14.8. The zero-order valence-corrected chi connectivity index (χ0v) is 9.42. The molecule has 11 nitrogen and oxygen atoms in total. The Bertz CT molecular complexity index is 552. The smallest absolute Gasteiger partial charge is 0.504 e. The van der Waals surface area contributed by atoms with Crippen LogP contribution in [0.5, 0.6) is 11.5 Å². The molecule has 1 aromatic rings. The fraction of sp³-hybridized carbons (Fsp3) is 0.111. The molecular weight excluding hydrogens is 282 g/mol. The summed E-state index contributed by atoms with van der Waals surface area (Å²) in [4.78, 5) is 30.5.